The molecule has 77 valence electrons. The molecule has 0 heterocycles. The lowest BCUT2D eigenvalue weighted by Gasteiger charge is -2.11. The van der Waals surface area contributed by atoms with E-state index in [0.717, 1.165) is 12.1 Å². The Kier molecular flexibility index (Phi) is 3.03. The third-order valence-electron chi connectivity index (χ3n) is 1.58. The van der Waals surface area contributed by atoms with Crippen molar-refractivity contribution in [2.24, 2.45) is 0 Å². The molecule has 0 aromatic heterocycles. The average Bonchev–Trinajstić information content (AvgIpc) is 2.02. The van der Waals surface area contributed by atoms with Gasteiger partial charge in [-0.25, -0.2) is 0 Å². The third kappa shape index (κ3) is 2.94. The van der Waals surface area contributed by atoms with E-state index in [1.165, 1.54) is 6.07 Å². The van der Waals surface area contributed by atoms with Gasteiger partial charge in [0.25, 0.3) is 0 Å². The van der Waals surface area contributed by atoms with E-state index in [2.05, 4.69) is 11.4 Å². The fourth-order valence-electron chi connectivity index (χ4n) is 1.00. The first-order valence-electron chi connectivity index (χ1n) is 4.25. The summed E-state index contributed by atoms with van der Waals surface area (Å²) in [6, 6.07) is 6.10. The molecule has 0 atom stereocenters. The first kappa shape index (κ1) is 10.9. The van der Waals surface area contributed by atoms with Crippen LogP contribution in [0.1, 0.15) is 19.4 Å². The van der Waals surface area contributed by atoms with Gasteiger partial charge in [0.2, 0.25) is 0 Å². The van der Waals surface area contributed by atoms with Crippen molar-refractivity contribution in [1.82, 2.24) is 0 Å². The van der Waals surface area contributed by atoms with Gasteiger partial charge in [-0.2, -0.15) is 13.2 Å². The molecule has 0 unspecified atom stereocenters. The van der Waals surface area contributed by atoms with Crippen LogP contribution in [0.2, 0.25) is 0 Å². The zero-order valence-electron chi connectivity index (χ0n) is 7.94. The van der Waals surface area contributed by atoms with Crippen LogP contribution in [-0.4, -0.2) is 6.04 Å². The predicted octanol–water partition coefficient (Wildman–Crippen LogP) is 3.33. The minimum absolute atomic E-state index is 0.183. The first-order valence-corrected chi connectivity index (χ1v) is 4.25. The molecule has 14 heavy (non-hydrogen) atoms. The first-order chi connectivity index (χ1) is 6.39. The summed E-state index contributed by atoms with van der Waals surface area (Å²) in [6.07, 6.45) is -4.28. The number of benzene rings is 1. The second-order valence-corrected chi connectivity index (χ2v) is 3.29. The predicted molar refractivity (Wildman–Crippen MR) is 49.0 cm³/mol. The zero-order chi connectivity index (χ0) is 10.8. The molecule has 0 spiro atoms. The Morgan fingerprint density at radius 3 is 2.29 bits per heavy atom. The topological polar surface area (TPSA) is 12.0 Å². The van der Waals surface area contributed by atoms with Crippen molar-refractivity contribution < 1.29 is 13.2 Å². The van der Waals surface area contributed by atoms with E-state index in [9.17, 15) is 13.2 Å². The van der Waals surface area contributed by atoms with Gasteiger partial charge in [-0.05, 0) is 32.0 Å². The largest absolute Gasteiger partial charge is 0.416 e. The van der Waals surface area contributed by atoms with E-state index < -0.39 is 11.7 Å². The summed E-state index contributed by atoms with van der Waals surface area (Å²) >= 11 is 0. The van der Waals surface area contributed by atoms with Crippen LogP contribution in [0.5, 0.6) is 0 Å². The molecule has 1 aromatic carbocycles. The lowest BCUT2D eigenvalue weighted by molar-refractivity contribution is -0.137. The molecule has 1 rings (SSSR count). The van der Waals surface area contributed by atoms with E-state index >= 15 is 0 Å². The van der Waals surface area contributed by atoms with Crippen molar-refractivity contribution in [2.45, 2.75) is 26.1 Å². The van der Waals surface area contributed by atoms with Crippen molar-refractivity contribution in [3.63, 3.8) is 0 Å². The Hall–Kier alpha value is -1.19. The van der Waals surface area contributed by atoms with Crippen LogP contribution in [0.15, 0.2) is 18.2 Å². The van der Waals surface area contributed by atoms with Gasteiger partial charge in [-0.1, -0.05) is 0 Å². The summed E-state index contributed by atoms with van der Waals surface area (Å²) in [5, 5.41) is 2.96. The summed E-state index contributed by atoms with van der Waals surface area (Å²) in [5.41, 5.74) is -0.0974. The highest BCUT2D eigenvalue weighted by Crippen LogP contribution is 2.29. The number of rotatable bonds is 2. The molecule has 1 N–H and O–H groups in total. The normalized spacial score (nSPS) is 11.9. The van der Waals surface area contributed by atoms with Crippen molar-refractivity contribution in [3.8, 4) is 0 Å². The molecule has 0 aliphatic carbocycles. The molecule has 0 amide bonds. The number of nitrogens with one attached hydrogen (secondary N) is 1. The molecule has 4 heteroatoms. The average molecular weight is 202 g/mol. The molecule has 0 aliphatic rings. The van der Waals surface area contributed by atoms with E-state index in [1.807, 2.05) is 13.8 Å². The minimum Gasteiger partial charge on any atom is -0.382 e. The summed E-state index contributed by atoms with van der Waals surface area (Å²) in [6.45, 7) is 3.82. The van der Waals surface area contributed by atoms with Crippen LogP contribution in [0, 0.1) is 6.07 Å². The fraction of sp³-hybridized carbons (Fsp3) is 0.400. The highest BCUT2D eigenvalue weighted by molar-refractivity contribution is 5.44. The Balaban J connectivity index is 2.79. The number of alkyl halides is 3. The standard InChI is InChI=1S/C10H11F3N/c1-7(2)14-9-5-3-8(4-6-9)10(11,12)13/h3-5,7,14H,1-2H3. The monoisotopic (exact) mass is 202 g/mol. The van der Waals surface area contributed by atoms with Crippen LogP contribution in [0.25, 0.3) is 0 Å². The van der Waals surface area contributed by atoms with Crippen LogP contribution >= 0.6 is 0 Å². The molecular formula is C10H11F3N. The molecular weight excluding hydrogens is 191 g/mol. The highest BCUT2D eigenvalue weighted by atomic mass is 19.4. The van der Waals surface area contributed by atoms with Gasteiger partial charge in [0.05, 0.1) is 5.56 Å². The van der Waals surface area contributed by atoms with Crippen LogP contribution < -0.4 is 5.32 Å². The molecule has 0 aliphatic heterocycles. The maximum Gasteiger partial charge on any atom is 0.416 e. The summed E-state index contributed by atoms with van der Waals surface area (Å²) in [5.74, 6) is 0. The quantitative estimate of drug-likeness (QED) is 0.775. The minimum atomic E-state index is -4.28. The van der Waals surface area contributed by atoms with Gasteiger partial charge in [0.15, 0.2) is 0 Å². The molecule has 0 saturated carbocycles. The SMILES string of the molecule is CC(C)Nc1[c]cc(C(F)(F)F)cc1. The number of hydrogen-bond donors (Lipinski definition) is 1. The lowest BCUT2D eigenvalue weighted by Crippen LogP contribution is -2.10. The van der Waals surface area contributed by atoms with E-state index in [0.29, 0.717) is 5.69 Å². The number of anilines is 1. The highest BCUT2D eigenvalue weighted by Gasteiger charge is 2.29. The van der Waals surface area contributed by atoms with Gasteiger partial charge < -0.3 is 5.32 Å². The Labute approximate surface area is 80.9 Å². The van der Waals surface area contributed by atoms with Crippen LogP contribution in [-0.2, 0) is 6.18 Å². The zero-order valence-corrected chi connectivity index (χ0v) is 7.94. The van der Waals surface area contributed by atoms with Crippen LogP contribution in [0.4, 0.5) is 18.9 Å². The van der Waals surface area contributed by atoms with Gasteiger partial charge in [-0.3, -0.25) is 0 Å². The summed E-state index contributed by atoms with van der Waals surface area (Å²) < 4.78 is 36.4. The fourth-order valence-corrected chi connectivity index (χ4v) is 1.00. The van der Waals surface area contributed by atoms with Gasteiger partial charge in [0, 0.05) is 17.8 Å². The van der Waals surface area contributed by atoms with Gasteiger partial charge in [0.1, 0.15) is 0 Å². The second-order valence-electron chi connectivity index (χ2n) is 3.29. The summed E-state index contributed by atoms with van der Waals surface area (Å²) in [7, 11) is 0. The Morgan fingerprint density at radius 2 is 1.93 bits per heavy atom. The molecule has 0 saturated heterocycles. The molecule has 1 nitrogen and oxygen atoms in total. The second kappa shape index (κ2) is 3.90. The Morgan fingerprint density at radius 1 is 1.29 bits per heavy atom. The van der Waals surface area contributed by atoms with E-state index in [1.54, 1.807) is 0 Å². The number of halogens is 3. The van der Waals surface area contributed by atoms with Crippen molar-refractivity contribution in [3.05, 3.63) is 29.8 Å². The van der Waals surface area contributed by atoms with Crippen molar-refractivity contribution >= 4 is 5.69 Å². The van der Waals surface area contributed by atoms with Gasteiger partial charge in [-0.15, -0.1) is 0 Å². The van der Waals surface area contributed by atoms with Crippen molar-refractivity contribution in [1.29, 1.82) is 0 Å². The van der Waals surface area contributed by atoms with Crippen molar-refractivity contribution in [2.75, 3.05) is 5.32 Å². The smallest absolute Gasteiger partial charge is 0.382 e. The maximum atomic E-state index is 12.1. The lowest BCUT2D eigenvalue weighted by atomic mass is 10.2. The molecule has 0 fully saturated rings. The van der Waals surface area contributed by atoms with E-state index in [4.69, 9.17) is 0 Å². The molecule has 1 radical (unpaired) electrons. The molecule has 1 aromatic rings. The maximum absolute atomic E-state index is 12.1. The van der Waals surface area contributed by atoms with E-state index in [-0.39, 0.29) is 6.04 Å². The number of hydrogen-bond acceptors (Lipinski definition) is 1. The third-order valence-corrected chi connectivity index (χ3v) is 1.58. The van der Waals surface area contributed by atoms with Crippen LogP contribution in [0.3, 0.4) is 0 Å². The summed E-state index contributed by atoms with van der Waals surface area (Å²) in [4.78, 5) is 0. The molecule has 0 bridgehead atoms. The Bertz CT molecular complexity index is 287. The van der Waals surface area contributed by atoms with Gasteiger partial charge >= 0.3 is 6.18 Å².